The third kappa shape index (κ3) is 2.51. The van der Waals surface area contributed by atoms with Crippen molar-refractivity contribution in [2.75, 3.05) is 0 Å². The molecule has 0 aliphatic heterocycles. The average molecular weight is 248 g/mol. The molecule has 7 heteroatoms. The Morgan fingerprint density at radius 1 is 1.39 bits per heavy atom. The van der Waals surface area contributed by atoms with Crippen molar-refractivity contribution in [3.8, 4) is 11.6 Å². The molecule has 0 aliphatic rings. The Labute approximate surface area is 102 Å². The van der Waals surface area contributed by atoms with Crippen molar-refractivity contribution in [3.63, 3.8) is 0 Å². The van der Waals surface area contributed by atoms with E-state index in [-0.39, 0.29) is 23.0 Å². The first-order valence-corrected chi connectivity index (χ1v) is 4.93. The second kappa shape index (κ2) is 5.09. The van der Waals surface area contributed by atoms with Crippen LogP contribution in [-0.2, 0) is 0 Å². The Morgan fingerprint density at radius 3 is 2.94 bits per heavy atom. The van der Waals surface area contributed by atoms with Gasteiger partial charge in [0.05, 0.1) is 11.8 Å². The standard InChI is InChI=1S/C11H9FN4O2/c12-7-2-1-3-8(6-7)18-11-9(10(13)16-17)4-5-14-15-11/h1-6,17H,(H2,13,16). The summed E-state index contributed by atoms with van der Waals surface area (Å²) in [5.41, 5.74) is 5.72. The van der Waals surface area contributed by atoms with E-state index in [1.165, 1.54) is 30.5 Å². The van der Waals surface area contributed by atoms with Gasteiger partial charge in [-0.1, -0.05) is 11.2 Å². The highest BCUT2D eigenvalue weighted by Gasteiger charge is 2.11. The van der Waals surface area contributed by atoms with Crippen molar-refractivity contribution in [3.05, 3.63) is 47.9 Å². The largest absolute Gasteiger partial charge is 0.437 e. The van der Waals surface area contributed by atoms with Gasteiger partial charge in [-0.2, -0.15) is 5.10 Å². The highest BCUT2D eigenvalue weighted by Crippen LogP contribution is 2.22. The van der Waals surface area contributed by atoms with Crippen LogP contribution in [0.2, 0.25) is 0 Å². The van der Waals surface area contributed by atoms with Gasteiger partial charge >= 0.3 is 0 Å². The topological polar surface area (TPSA) is 93.6 Å². The molecular weight excluding hydrogens is 239 g/mol. The predicted molar refractivity (Wildman–Crippen MR) is 61.0 cm³/mol. The number of hydrogen-bond donors (Lipinski definition) is 2. The van der Waals surface area contributed by atoms with Crippen LogP contribution in [0, 0.1) is 5.82 Å². The van der Waals surface area contributed by atoms with Gasteiger partial charge in [0.25, 0.3) is 0 Å². The minimum Gasteiger partial charge on any atom is -0.437 e. The number of hydrogen-bond acceptors (Lipinski definition) is 5. The number of ether oxygens (including phenoxy) is 1. The number of aromatic nitrogens is 2. The van der Waals surface area contributed by atoms with E-state index in [1.807, 2.05) is 0 Å². The number of amidine groups is 1. The molecule has 18 heavy (non-hydrogen) atoms. The van der Waals surface area contributed by atoms with E-state index in [1.54, 1.807) is 6.07 Å². The quantitative estimate of drug-likeness (QED) is 0.371. The molecule has 0 radical (unpaired) electrons. The molecule has 1 aromatic carbocycles. The zero-order valence-electron chi connectivity index (χ0n) is 9.12. The summed E-state index contributed by atoms with van der Waals surface area (Å²) in [5.74, 6) is -0.348. The van der Waals surface area contributed by atoms with Crippen LogP contribution in [0.15, 0.2) is 41.7 Å². The maximum Gasteiger partial charge on any atom is 0.250 e. The minimum atomic E-state index is -0.443. The van der Waals surface area contributed by atoms with Gasteiger partial charge in [0.15, 0.2) is 5.84 Å². The Hall–Kier alpha value is -2.70. The summed E-state index contributed by atoms with van der Waals surface area (Å²) in [4.78, 5) is 0. The summed E-state index contributed by atoms with van der Waals surface area (Å²) < 4.78 is 18.3. The van der Waals surface area contributed by atoms with Crippen LogP contribution >= 0.6 is 0 Å². The highest BCUT2D eigenvalue weighted by molar-refractivity contribution is 5.98. The van der Waals surface area contributed by atoms with Crippen molar-refractivity contribution in [1.29, 1.82) is 0 Å². The van der Waals surface area contributed by atoms with Crippen molar-refractivity contribution >= 4 is 5.84 Å². The molecule has 1 aromatic heterocycles. The predicted octanol–water partition coefficient (Wildman–Crippen LogP) is 1.50. The maximum atomic E-state index is 13.0. The van der Waals surface area contributed by atoms with Crippen LogP contribution < -0.4 is 10.5 Å². The van der Waals surface area contributed by atoms with Gasteiger partial charge in [0.1, 0.15) is 11.6 Å². The highest BCUT2D eigenvalue weighted by atomic mass is 19.1. The van der Waals surface area contributed by atoms with E-state index in [2.05, 4.69) is 15.4 Å². The van der Waals surface area contributed by atoms with Gasteiger partial charge in [-0.3, -0.25) is 0 Å². The molecule has 0 saturated carbocycles. The van der Waals surface area contributed by atoms with Crippen LogP contribution in [0.1, 0.15) is 5.56 Å². The van der Waals surface area contributed by atoms with E-state index in [0.717, 1.165) is 0 Å². The molecule has 0 atom stereocenters. The van der Waals surface area contributed by atoms with E-state index < -0.39 is 5.82 Å². The van der Waals surface area contributed by atoms with Crippen molar-refractivity contribution in [2.45, 2.75) is 0 Å². The van der Waals surface area contributed by atoms with E-state index >= 15 is 0 Å². The second-order valence-electron chi connectivity index (χ2n) is 3.29. The van der Waals surface area contributed by atoms with Crippen LogP contribution in [0.25, 0.3) is 0 Å². The lowest BCUT2D eigenvalue weighted by atomic mass is 10.3. The molecule has 0 unspecified atom stereocenters. The summed E-state index contributed by atoms with van der Waals surface area (Å²) >= 11 is 0. The summed E-state index contributed by atoms with van der Waals surface area (Å²) in [6.07, 6.45) is 1.37. The lowest BCUT2D eigenvalue weighted by molar-refractivity contribution is 0.318. The molecule has 2 aromatic rings. The van der Waals surface area contributed by atoms with Crippen LogP contribution in [-0.4, -0.2) is 21.2 Å². The number of rotatable bonds is 3. The van der Waals surface area contributed by atoms with Gasteiger partial charge in [-0.05, 0) is 18.2 Å². The molecular formula is C11H9FN4O2. The minimum absolute atomic E-state index is 0.0263. The van der Waals surface area contributed by atoms with Gasteiger partial charge in [-0.15, -0.1) is 5.10 Å². The summed E-state index contributed by atoms with van der Waals surface area (Å²) in [6.45, 7) is 0. The first-order valence-electron chi connectivity index (χ1n) is 4.93. The average Bonchev–Trinajstić information content (AvgIpc) is 2.38. The number of halogens is 1. The van der Waals surface area contributed by atoms with E-state index in [0.29, 0.717) is 0 Å². The van der Waals surface area contributed by atoms with E-state index in [4.69, 9.17) is 15.7 Å². The molecule has 0 spiro atoms. The van der Waals surface area contributed by atoms with Crippen molar-refractivity contribution < 1.29 is 14.3 Å². The lowest BCUT2D eigenvalue weighted by Gasteiger charge is -2.07. The Kier molecular flexibility index (Phi) is 3.33. The van der Waals surface area contributed by atoms with Gasteiger partial charge in [0, 0.05) is 6.07 Å². The fraction of sp³-hybridized carbons (Fsp3) is 0. The molecule has 0 saturated heterocycles. The third-order valence-corrected chi connectivity index (χ3v) is 2.08. The second-order valence-corrected chi connectivity index (χ2v) is 3.29. The van der Waals surface area contributed by atoms with Gasteiger partial charge in [-0.25, -0.2) is 4.39 Å². The smallest absolute Gasteiger partial charge is 0.250 e. The number of oxime groups is 1. The molecule has 0 amide bonds. The number of nitrogens with two attached hydrogens (primary N) is 1. The molecule has 0 bridgehead atoms. The molecule has 0 fully saturated rings. The van der Waals surface area contributed by atoms with Crippen molar-refractivity contribution in [2.24, 2.45) is 10.9 Å². The Morgan fingerprint density at radius 2 is 2.22 bits per heavy atom. The Bertz CT molecular complexity index is 589. The molecule has 1 heterocycles. The molecule has 2 rings (SSSR count). The third-order valence-electron chi connectivity index (χ3n) is 2.08. The molecule has 0 aliphatic carbocycles. The van der Waals surface area contributed by atoms with Crippen LogP contribution in [0.4, 0.5) is 4.39 Å². The fourth-order valence-electron chi connectivity index (χ4n) is 1.29. The fourth-order valence-corrected chi connectivity index (χ4v) is 1.29. The first-order chi connectivity index (χ1) is 8.70. The van der Waals surface area contributed by atoms with Crippen molar-refractivity contribution in [1.82, 2.24) is 10.2 Å². The van der Waals surface area contributed by atoms with Crippen LogP contribution in [0.3, 0.4) is 0 Å². The molecule has 3 N–H and O–H groups in total. The summed E-state index contributed by atoms with van der Waals surface area (Å²) in [6, 6.07) is 6.98. The van der Waals surface area contributed by atoms with Gasteiger partial charge in [0.2, 0.25) is 5.88 Å². The lowest BCUT2D eigenvalue weighted by Crippen LogP contribution is -2.15. The number of nitrogens with zero attached hydrogens (tertiary/aromatic N) is 3. The van der Waals surface area contributed by atoms with Crippen LogP contribution in [0.5, 0.6) is 11.6 Å². The monoisotopic (exact) mass is 248 g/mol. The summed E-state index contributed by atoms with van der Waals surface area (Å²) in [7, 11) is 0. The zero-order valence-corrected chi connectivity index (χ0v) is 9.12. The normalized spacial score (nSPS) is 11.3. The first kappa shape index (κ1) is 11.8. The SMILES string of the molecule is N/C(=N/O)c1ccnnc1Oc1cccc(F)c1. The maximum absolute atomic E-state index is 13.0. The van der Waals surface area contributed by atoms with Gasteiger partial charge < -0.3 is 15.7 Å². The molecule has 92 valence electrons. The number of benzene rings is 1. The zero-order chi connectivity index (χ0) is 13.0. The Balaban J connectivity index is 2.35. The molecule has 6 nitrogen and oxygen atoms in total. The van der Waals surface area contributed by atoms with E-state index in [9.17, 15) is 4.39 Å². The summed E-state index contributed by atoms with van der Waals surface area (Å²) in [5, 5.41) is 18.8.